The van der Waals surface area contributed by atoms with Gasteiger partial charge in [-0.25, -0.2) is 0 Å². The Morgan fingerprint density at radius 3 is 2.50 bits per heavy atom. The van der Waals surface area contributed by atoms with Crippen molar-refractivity contribution in [3.05, 3.63) is 86.6 Å². The number of benzene rings is 2. The second-order valence-corrected chi connectivity index (χ2v) is 10.2. The molecule has 0 radical (unpaired) electrons. The quantitative estimate of drug-likeness (QED) is 0.417. The van der Waals surface area contributed by atoms with Gasteiger partial charge in [0.1, 0.15) is 18.9 Å². The minimum absolute atomic E-state index is 0.0291. The summed E-state index contributed by atoms with van der Waals surface area (Å²) in [6.07, 6.45) is 0.809. The molecular weight excluding hydrogens is 468 g/mol. The van der Waals surface area contributed by atoms with E-state index in [9.17, 15) is 9.59 Å². The average Bonchev–Trinajstić information content (AvgIpc) is 3.31. The first-order valence-corrected chi connectivity index (χ1v) is 12.7. The van der Waals surface area contributed by atoms with Crippen LogP contribution in [-0.2, 0) is 11.2 Å². The first kappa shape index (κ1) is 24.3. The molecule has 4 rings (SSSR count). The summed E-state index contributed by atoms with van der Waals surface area (Å²) in [6.45, 7) is 6.83. The van der Waals surface area contributed by atoms with Crippen LogP contribution in [-0.4, -0.2) is 47.4 Å². The molecule has 0 saturated carbocycles. The number of hydrogen-bond acceptors (Lipinski definition) is 4. The van der Waals surface area contributed by atoms with Crippen LogP contribution in [0.4, 0.5) is 0 Å². The summed E-state index contributed by atoms with van der Waals surface area (Å²) < 4.78 is 6.06. The Labute approximate surface area is 209 Å². The summed E-state index contributed by atoms with van der Waals surface area (Å²) >= 11 is 7.70. The summed E-state index contributed by atoms with van der Waals surface area (Å²) in [5.41, 5.74) is 2.81. The van der Waals surface area contributed by atoms with E-state index in [0.29, 0.717) is 29.5 Å². The lowest BCUT2D eigenvalue weighted by atomic mass is 10.00. The van der Waals surface area contributed by atoms with E-state index in [4.69, 9.17) is 16.3 Å². The summed E-state index contributed by atoms with van der Waals surface area (Å²) in [6, 6.07) is 16.5. The molecule has 0 unspecified atom stereocenters. The van der Waals surface area contributed by atoms with Gasteiger partial charge in [-0.1, -0.05) is 29.3 Å². The molecule has 1 aliphatic heterocycles. The highest BCUT2D eigenvalue weighted by molar-refractivity contribution is 7.10. The number of thiophene rings is 1. The van der Waals surface area contributed by atoms with Crippen molar-refractivity contribution in [2.24, 2.45) is 0 Å². The fraction of sp³-hybridized carbons (Fsp3) is 0.333. The van der Waals surface area contributed by atoms with Crippen molar-refractivity contribution in [1.29, 1.82) is 0 Å². The van der Waals surface area contributed by atoms with E-state index in [1.54, 1.807) is 28.4 Å². The molecule has 7 heteroatoms. The van der Waals surface area contributed by atoms with Crippen molar-refractivity contribution in [3.8, 4) is 5.75 Å². The van der Waals surface area contributed by atoms with Gasteiger partial charge in [0.2, 0.25) is 5.91 Å². The summed E-state index contributed by atoms with van der Waals surface area (Å²) in [5, 5.41) is 2.71. The summed E-state index contributed by atoms with van der Waals surface area (Å²) in [4.78, 5) is 31.6. The third-order valence-electron chi connectivity index (χ3n) is 6.13. The van der Waals surface area contributed by atoms with Gasteiger partial charge in [0.15, 0.2) is 0 Å². The van der Waals surface area contributed by atoms with Gasteiger partial charge in [0.25, 0.3) is 5.91 Å². The Bertz CT molecular complexity index is 1140. The van der Waals surface area contributed by atoms with Crippen LogP contribution in [0.2, 0.25) is 5.02 Å². The molecule has 0 fully saturated rings. The Hall–Kier alpha value is -2.83. The number of amides is 2. The lowest BCUT2D eigenvalue weighted by Gasteiger charge is -2.37. The minimum atomic E-state index is -0.207. The van der Waals surface area contributed by atoms with Crippen LogP contribution in [0.25, 0.3) is 0 Å². The normalized spacial score (nSPS) is 15.2. The zero-order valence-electron chi connectivity index (χ0n) is 19.7. The van der Waals surface area contributed by atoms with Crippen molar-refractivity contribution < 1.29 is 14.3 Å². The highest BCUT2D eigenvalue weighted by atomic mass is 35.5. The molecule has 2 amide bonds. The third-order valence-corrected chi connectivity index (χ3v) is 7.37. The lowest BCUT2D eigenvalue weighted by Crippen LogP contribution is -2.49. The van der Waals surface area contributed by atoms with E-state index in [-0.39, 0.29) is 30.4 Å². The van der Waals surface area contributed by atoms with Crippen molar-refractivity contribution >= 4 is 34.8 Å². The van der Waals surface area contributed by atoms with Gasteiger partial charge < -0.3 is 14.5 Å². The summed E-state index contributed by atoms with van der Waals surface area (Å²) in [7, 11) is 0. The predicted octanol–water partition coefficient (Wildman–Crippen LogP) is 5.77. The Morgan fingerprint density at radius 2 is 1.82 bits per heavy atom. The number of fused-ring (bicyclic) bond motifs is 1. The maximum absolute atomic E-state index is 13.6. The molecular formula is C27H29ClN2O3S. The SMILES string of the molecule is Cc1ccc(C(=O)N(CC(=O)N2CCc3sccc3[C@@H]2COc2ccc(Cl)cc2)C(C)C)cc1. The molecule has 0 aliphatic carbocycles. The number of ether oxygens (including phenoxy) is 1. The van der Waals surface area contributed by atoms with Crippen LogP contribution < -0.4 is 4.74 Å². The number of halogens is 1. The van der Waals surface area contributed by atoms with Crippen LogP contribution in [0.5, 0.6) is 5.75 Å². The molecule has 1 aromatic heterocycles. The van der Waals surface area contributed by atoms with Crippen LogP contribution in [0.15, 0.2) is 60.0 Å². The predicted molar refractivity (Wildman–Crippen MR) is 137 cm³/mol. The molecule has 5 nitrogen and oxygen atoms in total. The average molecular weight is 497 g/mol. The topological polar surface area (TPSA) is 49.9 Å². The second-order valence-electron chi connectivity index (χ2n) is 8.81. The molecule has 3 aromatic rings. The molecule has 2 heterocycles. The molecule has 178 valence electrons. The first-order chi connectivity index (χ1) is 16.3. The molecule has 2 aromatic carbocycles. The zero-order chi connectivity index (χ0) is 24.2. The maximum Gasteiger partial charge on any atom is 0.254 e. The molecule has 0 spiro atoms. The highest BCUT2D eigenvalue weighted by Gasteiger charge is 2.34. The van der Waals surface area contributed by atoms with Gasteiger partial charge in [-0.2, -0.15) is 0 Å². The molecule has 0 N–H and O–H groups in total. The monoisotopic (exact) mass is 496 g/mol. The second kappa shape index (κ2) is 10.6. The highest BCUT2D eigenvalue weighted by Crippen LogP contribution is 2.34. The van der Waals surface area contributed by atoms with E-state index in [0.717, 1.165) is 17.5 Å². The number of carbonyl (C=O) groups is 2. The van der Waals surface area contributed by atoms with E-state index in [1.165, 1.54) is 4.88 Å². The fourth-order valence-electron chi connectivity index (χ4n) is 4.17. The van der Waals surface area contributed by atoms with E-state index in [2.05, 4.69) is 11.4 Å². The number of hydrogen-bond donors (Lipinski definition) is 0. The van der Waals surface area contributed by atoms with Gasteiger partial charge in [-0.05, 0) is 80.6 Å². The summed E-state index contributed by atoms with van der Waals surface area (Å²) in [5.74, 6) is 0.499. The molecule has 1 aliphatic rings. The molecule has 1 atom stereocenters. The minimum Gasteiger partial charge on any atom is -0.491 e. The fourth-order valence-corrected chi connectivity index (χ4v) is 5.22. The first-order valence-electron chi connectivity index (χ1n) is 11.4. The van der Waals surface area contributed by atoms with Crippen LogP contribution in [0.3, 0.4) is 0 Å². The molecule has 0 saturated heterocycles. The number of aryl methyl sites for hydroxylation is 1. The van der Waals surface area contributed by atoms with Gasteiger partial charge in [-0.15, -0.1) is 11.3 Å². The standard InChI is InChI=1S/C27H29ClN2O3S/c1-18(2)30(27(32)20-6-4-19(3)5-7-20)16-26(31)29-14-12-25-23(13-15-34-25)24(29)17-33-22-10-8-21(28)9-11-22/h4-11,13,15,18,24H,12,14,16-17H2,1-3H3/t24-/m0/s1. The van der Waals surface area contributed by atoms with E-state index in [1.807, 2.05) is 62.1 Å². The zero-order valence-corrected chi connectivity index (χ0v) is 21.2. The van der Waals surface area contributed by atoms with Crippen molar-refractivity contribution in [3.63, 3.8) is 0 Å². The Kier molecular flexibility index (Phi) is 7.59. The number of nitrogens with zero attached hydrogens (tertiary/aromatic N) is 2. The molecule has 34 heavy (non-hydrogen) atoms. The smallest absolute Gasteiger partial charge is 0.254 e. The van der Waals surface area contributed by atoms with Crippen molar-refractivity contribution in [1.82, 2.24) is 9.80 Å². The Balaban J connectivity index is 1.52. The van der Waals surface area contributed by atoms with Gasteiger partial charge in [0, 0.05) is 28.0 Å². The van der Waals surface area contributed by atoms with Gasteiger partial charge in [-0.3, -0.25) is 9.59 Å². The van der Waals surface area contributed by atoms with Crippen LogP contribution in [0.1, 0.15) is 46.3 Å². The third kappa shape index (κ3) is 5.45. The number of rotatable bonds is 7. The molecule has 0 bridgehead atoms. The van der Waals surface area contributed by atoms with Gasteiger partial charge in [0.05, 0.1) is 6.04 Å². The van der Waals surface area contributed by atoms with Crippen molar-refractivity contribution in [2.75, 3.05) is 19.7 Å². The lowest BCUT2D eigenvalue weighted by molar-refractivity contribution is -0.136. The van der Waals surface area contributed by atoms with Crippen LogP contribution >= 0.6 is 22.9 Å². The van der Waals surface area contributed by atoms with E-state index < -0.39 is 0 Å². The van der Waals surface area contributed by atoms with Crippen LogP contribution in [0, 0.1) is 6.92 Å². The Morgan fingerprint density at radius 1 is 1.12 bits per heavy atom. The van der Waals surface area contributed by atoms with E-state index >= 15 is 0 Å². The maximum atomic E-state index is 13.6. The van der Waals surface area contributed by atoms with Gasteiger partial charge >= 0.3 is 0 Å². The largest absolute Gasteiger partial charge is 0.491 e. The van der Waals surface area contributed by atoms with Crippen molar-refractivity contribution in [2.45, 2.75) is 39.3 Å². The number of carbonyl (C=O) groups excluding carboxylic acids is 2.